The fourth-order valence-electron chi connectivity index (χ4n) is 1.86. The Kier molecular flexibility index (Phi) is 6.05. The molecule has 2 rings (SSSR count). The van der Waals surface area contributed by atoms with E-state index in [-0.39, 0.29) is 18.3 Å². The third-order valence-electron chi connectivity index (χ3n) is 2.83. The highest BCUT2D eigenvalue weighted by molar-refractivity contribution is 5.85. The van der Waals surface area contributed by atoms with Crippen LogP contribution in [0, 0.1) is 0 Å². The van der Waals surface area contributed by atoms with Crippen LogP contribution in [0.15, 0.2) is 0 Å². The Morgan fingerprint density at radius 3 is 2.00 bits per heavy atom. The maximum atomic E-state index is 11.9. The van der Waals surface area contributed by atoms with Crippen LogP contribution < -0.4 is 0 Å². The van der Waals surface area contributed by atoms with Crippen LogP contribution in [0.5, 0.6) is 0 Å². The zero-order valence-corrected chi connectivity index (χ0v) is 10.2. The van der Waals surface area contributed by atoms with E-state index in [2.05, 4.69) is 4.90 Å². The number of morpholine rings is 2. The maximum absolute atomic E-state index is 11.9. The molecule has 0 aliphatic carbocycles. The Morgan fingerprint density at radius 2 is 1.44 bits per heavy atom. The van der Waals surface area contributed by atoms with Crippen molar-refractivity contribution in [3.8, 4) is 0 Å². The number of carbonyl (C=O) groups excluding carboxylic acids is 1. The van der Waals surface area contributed by atoms with Crippen LogP contribution in [0.3, 0.4) is 0 Å². The highest BCUT2D eigenvalue weighted by Gasteiger charge is 2.20. The van der Waals surface area contributed by atoms with Crippen molar-refractivity contribution in [1.82, 2.24) is 9.80 Å². The molecule has 2 saturated heterocycles. The summed E-state index contributed by atoms with van der Waals surface area (Å²) in [4.78, 5) is 15.9. The van der Waals surface area contributed by atoms with Crippen molar-refractivity contribution in [3.63, 3.8) is 0 Å². The van der Waals surface area contributed by atoms with Gasteiger partial charge in [0.15, 0.2) is 0 Å². The SMILES string of the molecule is Cl.O=C(CN1CCOCC1)N1CCOCC1. The molecule has 94 valence electrons. The van der Waals surface area contributed by atoms with Gasteiger partial charge in [-0.15, -0.1) is 12.4 Å². The minimum absolute atomic E-state index is 0. The maximum Gasteiger partial charge on any atom is 0.236 e. The summed E-state index contributed by atoms with van der Waals surface area (Å²) in [5.41, 5.74) is 0. The normalized spacial score (nSPS) is 22.6. The Labute approximate surface area is 102 Å². The molecule has 0 spiro atoms. The van der Waals surface area contributed by atoms with Crippen molar-refractivity contribution in [2.45, 2.75) is 0 Å². The molecule has 0 atom stereocenters. The Balaban J connectivity index is 0.00000128. The van der Waals surface area contributed by atoms with Gasteiger partial charge >= 0.3 is 0 Å². The summed E-state index contributed by atoms with van der Waals surface area (Å²) in [5, 5.41) is 0. The van der Waals surface area contributed by atoms with Gasteiger partial charge in [0.05, 0.1) is 33.0 Å². The van der Waals surface area contributed by atoms with Crippen molar-refractivity contribution in [2.75, 3.05) is 59.2 Å². The molecular weight excluding hydrogens is 232 g/mol. The summed E-state index contributed by atoms with van der Waals surface area (Å²) in [5.74, 6) is 0.222. The van der Waals surface area contributed by atoms with Gasteiger partial charge in [-0.2, -0.15) is 0 Å². The lowest BCUT2D eigenvalue weighted by molar-refractivity contribution is -0.137. The lowest BCUT2D eigenvalue weighted by Gasteiger charge is -2.31. The Morgan fingerprint density at radius 1 is 0.938 bits per heavy atom. The molecule has 2 aliphatic heterocycles. The van der Waals surface area contributed by atoms with E-state index in [0.29, 0.717) is 19.8 Å². The molecule has 0 N–H and O–H groups in total. The van der Waals surface area contributed by atoms with Crippen LogP contribution in [-0.4, -0.2) is 74.9 Å². The van der Waals surface area contributed by atoms with E-state index in [1.165, 1.54) is 0 Å². The lowest BCUT2D eigenvalue weighted by atomic mass is 10.3. The van der Waals surface area contributed by atoms with Gasteiger partial charge in [-0.3, -0.25) is 9.69 Å². The number of nitrogens with zero attached hydrogens (tertiary/aromatic N) is 2. The van der Waals surface area contributed by atoms with Gasteiger partial charge in [0.2, 0.25) is 5.91 Å². The summed E-state index contributed by atoms with van der Waals surface area (Å²) < 4.78 is 10.5. The molecule has 0 unspecified atom stereocenters. The monoisotopic (exact) mass is 250 g/mol. The molecule has 0 bridgehead atoms. The van der Waals surface area contributed by atoms with E-state index in [4.69, 9.17) is 9.47 Å². The fraction of sp³-hybridized carbons (Fsp3) is 0.900. The van der Waals surface area contributed by atoms with E-state index in [9.17, 15) is 4.79 Å². The number of hydrogen-bond acceptors (Lipinski definition) is 4. The van der Waals surface area contributed by atoms with Gasteiger partial charge in [0.1, 0.15) is 0 Å². The number of amides is 1. The second-order valence-corrected chi connectivity index (χ2v) is 3.88. The van der Waals surface area contributed by atoms with Crippen LogP contribution in [0.4, 0.5) is 0 Å². The molecule has 2 fully saturated rings. The predicted molar refractivity (Wildman–Crippen MR) is 61.9 cm³/mol. The number of ether oxygens (including phenoxy) is 2. The van der Waals surface area contributed by atoms with Gasteiger partial charge in [0.25, 0.3) is 0 Å². The van der Waals surface area contributed by atoms with E-state index >= 15 is 0 Å². The number of halogens is 1. The van der Waals surface area contributed by atoms with Crippen LogP contribution in [0.2, 0.25) is 0 Å². The van der Waals surface area contributed by atoms with Crippen molar-refractivity contribution in [3.05, 3.63) is 0 Å². The topological polar surface area (TPSA) is 42.0 Å². The average molecular weight is 251 g/mol. The largest absolute Gasteiger partial charge is 0.379 e. The molecule has 0 aromatic rings. The third kappa shape index (κ3) is 3.90. The highest BCUT2D eigenvalue weighted by atomic mass is 35.5. The molecule has 2 aliphatic rings. The standard InChI is InChI=1S/C10H18N2O3.ClH/c13-10(12-3-7-15-8-4-12)9-11-1-5-14-6-2-11;/h1-9H2;1H. The lowest BCUT2D eigenvalue weighted by Crippen LogP contribution is -2.48. The second kappa shape index (κ2) is 7.06. The van der Waals surface area contributed by atoms with Crippen molar-refractivity contribution >= 4 is 18.3 Å². The fourth-order valence-corrected chi connectivity index (χ4v) is 1.86. The predicted octanol–water partition coefficient (Wildman–Crippen LogP) is -0.401. The number of carbonyl (C=O) groups is 1. The van der Waals surface area contributed by atoms with Gasteiger partial charge < -0.3 is 14.4 Å². The molecule has 16 heavy (non-hydrogen) atoms. The smallest absolute Gasteiger partial charge is 0.236 e. The molecule has 0 aromatic heterocycles. The number of hydrogen-bond donors (Lipinski definition) is 0. The summed E-state index contributed by atoms with van der Waals surface area (Å²) in [6, 6.07) is 0. The molecule has 6 heteroatoms. The summed E-state index contributed by atoms with van der Waals surface area (Å²) in [7, 11) is 0. The van der Waals surface area contributed by atoms with Gasteiger partial charge in [-0.25, -0.2) is 0 Å². The van der Waals surface area contributed by atoms with E-state index < -0.39 is 0 Å². The first-order valence-corrected chi connectivity index (χ1v) is 5.52. The Hall–Kier alpha value is -0.360. The third-order valence-corrected chi connectivity index (χ3v) is 2.83. The first-order valence-electron chi connectivity index (χ1n) is 5.52. The summed E-state index contributed by atoms with van der Waals surface area (Å²) in [6.45, 7) is 6.60. The molecule has 0 radical (unpaired) electrons. The van der Waals surface area contributed by atoms with E-state index in [1.54, 1.807) is 0 Å². The summed E-state index contributed by atoms with van der Waals surface area (Å²) in [6.07, 6.45) is 0. The molecule has 1 amide bonds. The van der Waals surface area contributed by atoms with Crippen LogP contribution in [0.25, 0.3) is 0 Å². The van der Waals surface area contributed by atoms with Crippen LogP contribution in [0.1, 0.15) is 0 Å². The van der Waals surface area contributed by atoms with E-state index in [1.807, 2.05) is 4.90 Å². The average Bonchev–Trinajstić information content (AvgIpc) is 2.31. The molecular formula is C10H19ClN2O3. The molecule has 0 saturated carbocycles. The van der Waals surface area contributed by atoms with Crippen LogP contribution >= 0.6 is 12.4 Å². The van der Waals surface area contributed by atoms with E-state index in [0.717, 1.165) is 39.4 Å². The van der Waals surface area contributed by atoms with Gasteiger partial charge in [-0.1, -0.05) is 0 Å². The van der Waals surface area contributed by atoms with Crippen molar-refractivity contribution in [2.24, 2.45) is 0 Å². The minimum atomic E-state index is 0. The Bertz CT molecular complexity index is 216. The molecule has 0 aromatic carbocycles. The summed E-state index contributed by atoms with van der Waals surface area (Å²) >= 11 is 0. The van der Waals surface area contributed by atoms with Gasteiger partial charge in [-0.05, 0) is 0 Å². The van der Waals surface area contributed by atoms with Gasteiger partial charge in [0, 0.05) is 26.2 Å². The van der Waals surface area contributed by atoms with Crippen molar-refractivity contribution < 1.29 is 14.3 Å². The zero-order chi connectivity index (χ0) is 10.5. The number of rotatable bonds is 2. The quantitative estimate of drug-likeness (QED) is 0.669. The second-order valence-electron chi connectivity index (χ2n) is 3.88. The minimum Gasteiger partial charge on any atom is -0.379 e. The highest BCUT2D eigenvalue weighted by Crippen LogP contribution is 2.01. The first-order chi connectivity index (χ1) is 7.36. The first kappa shape index (κ1) is 13.7. The zero-order valence-electron chi connectivity index (χ0n) is 9.39. The van der Waals surface area contributed by atoms with Crippen molar-refractivity contribution in [1.29, 1.82) is 0 Å². The molecule has 2 heterocycles. The molecule has 5 nitrogen and oxygen atoms in total. The van der Waals surface area contributed by atoms with Crippen LogP contribution in [-0.2, 0) is 14.3 Å².